The van der Waals surface area contributed by atoms with E-state index in [0.29, 0.717) is 10.5 Å². The number of carboxylic acid groups (broad SMARTS) is 1. The fourth-order valence-corrected chi connectivity index (χ4v) is 6.61. The number of ether oxygens (including phenoxy) is 1. The largest absolute Gasteiger partial charge is 0.480 e. The van der Waals surface area contributed by atoms with Crippen LogP contribution in [0.25, 0.3) is 10.9 Å². The maximum absolute atomic E-state index is 13.5. The van der Waals surface area contributed by atoms with E-state index in [4.69, 9.17) is 4.74 Å². The quantitative estimate of drug-likeness (QED) is 0.0790. The minimum Gasteiger partial charge on any atom is -0.480 e. The lowest BCUT2D eigenvalue weighted by atomic mass is 9.90. The number of benzene rings is 2. The third-order valence-corrected chi connectivity index (χ3v) is 9.29. The number of aliphatic carboxylic acids is 1. The fourth-order valence-electron chi connectivity index (χ4n) is 4.86. The van der Waals surface area contributed by atoms with Gasteiger partial charge in [0, 0.05) is 23.3 Å². The van der Waals surface area contributed by atoms with Crippen LogP contribution in [0.3, 0.4) is 0 Å². The molecule has 4 N–H and O–H groups in total. The molecule has 13 heteroatoms. The Kier molecular flexibility index (Phi) is 12.6. The number of esters is 1. The zero-order valence-corrected chi connectivity index (χ0v) is 27.6. The number of rotatable bonds is 15. The Morgan fingerprint density at radius 2 is 1.56 bits per heavy atom. The molecular weight excluding hydrogens is 617 g/mol. The molecule has 1 heterocycles. The van der Waals surface area contributed by atoms with Crippen molar-refractivity contribution in [1.29, 1.82) is 0 Å². The topological polar surface area (TPSA) is 163 Å². The number of carbonyl (C=O) groups is 4. The zero-order valence-electron chi connectivity index (χ0n) is 25.9. The third-order valence-electron chi connectivity index (χ3n) is 7.09. The van der Waals surface area contributed by atoms with Gasteiger partial charge in [-0.25, -0.2) is 9.59 Å². The lowest BCUT2D eigenvalue weighted by molar-refractivity contribution is -0.653. The first kappa shape index (κ1) is 35.6. The Morgan fingerprint density at radius 1 is 0.933 bits per heavy atom. The molecule has 0 fully saturated rings. The Labute approximate surface area is 267 Å². The summed E-state index contributed by atoms with van der Waals surface area (Å²) in [6.45, 7) is 7.36. The summed E-state index contributed by atoms with van der Waals surface area (Å²) in [6, 6.07) is 15.8. The molecule has 2 unspecified atom stereocenters. The summed E-state index contributed by atoms with van der Waals surface area (Å²) in [6.07, 6.45) is 0.332. The van der Waals surface area contributed by atoms with Crippen LogP contribution in [-0.2, 0) is 18.9 Å². The minimum absolute atomic E-state index is 0.0137. The number of thioether (sulfide) groups is 1. The Hall–Kier alpha value is -3.86. The molecule has 0 bridgehead atoms. The molecule has 2 amide bonds. The predicted molar refractivity (Wildman–Crippen MR) is 171 cm³/mol. The number of aliphatic hydroxyl groups is 1. The Morgan fingerprint density at radius 3 is 2.16 bits per heavy atom. The molecule has 240 valence electrons. The molecule has 3 rings (SSSR count). The highest BCUT2D eigenvalue weighted by Crippen LogP contribution is 2.38. The van der Waals surface area contributed by atoms with Gasteiger partial charge in [0.1, 0.15) is 6.04 Å². The smallest absolute Gasteiger partial charge is 0.338 e. The van der Waals surface area contributed by atoms with Gasteiger partial charge in [-0.15, -0.1) is 5.43 Å². The summed E-state index contributed by atoms with van der Waals surface area (Å²) in [7, 11) is 0.505. The van der Waals surface area contributed by atoms with Crippen LogP contribution >= 0.6 is 20.2 Å². The Bertz CT molecular complexity index is 1570. The molecule has 0 saturated carbocycles. The molecule has 0 aliphatic rings. The van der Waals surface area contributed by atoms with Crippen molar-refractivity contribution in [3.8, 4) is 0 Å². The summed E-state index contributed by atoms with van der Waals surface area (Å²) in [5.74, 6) is -4.72. The number of carbonyl (C=O) groups excluding carboxylic acids is 3. The number of methoxy groups -OCH3 is 1. The van der Waals surface area contributed by atoms with Crippen molar-refractivity contribution in [3.05, 3.63) is 71.8 Å². The average molecular weight is 657 g/mol. The van der Waals surface area contributed by atoms with E-state index in [1.165, 1.54) is 23.9 Å². The van der Waals surface area contributed by atoms with E-state index in [1.54, 1.807) is 30.3 Å². The Balaban J connectivity index is 1.98. The molecule has 0 aliphatic heterocycles. The summed E-state index contributed by atoms with van der Waals surface area (Å²) >= 11 is 1.06. The lowest BCUT2D eigenvalue weighted by Gasteiger charge is -2.31. The van der Waals surface area contributed by atoms with Crippen LogP contribution in [0.5, 0.6) is 0 Å². The molecule has 11 nitrogen and oxygen atoms in total. The number of hydrogen-bond donors (Lipinski definition) is 4. The van der Waals surface area contributed by atoms with Crippen molar-refractivity contribution in [2.45, 2.75) is 56.9 Å². The van der Waals surface area contributed by atoms with Crippen molar-refractivity contribution in [3.63, 3.8) is 0 Å². The van der Waals surface area contributed by atoms with Crippen LogP contribution in [0, 0.1) is 17.8 Å². The summed E-state index contributed by atoms with van der Waals surface area (Å²) in [5.41, 5.74) is 3.59. The molecule has 2 aromatic carbocycles. The lowest BCUT2D eigenvalue weighted by Crippen LogP contribution is -2.52. The predicted octanol–water partition coefficient (Wildman–Crippen LogP) is 4.65. The highest BCUT2D eigenvalue weighted by atomic mass is 32.2. The van der Waals surface area contributed by atoms with Crippen molar-refractivity contribution >= 4 is 54.9 Å². The number of nitrogens with one attached hydrogen (secondary N) is 2. The minimum atomic E-state index is -2.08. The number of carboxylic acids is 1. The molecule has 3 aromatic rings. The number of amides is 2. The van der Waals surface area contributed by atoms with Crippen LogP contribution in [0.15, 0.2) is 65.7 Å². The van der Waals surface area contributed by atoms with E-state index >= 15 is 0 Å². The van der Waals surface area contributed by atoms with Crippen LogP contribution in [0.1, 0.15) is 61.3 Å². The molecule has 45 heavy (non-hydrogen) atoms. The first-order valence-corrected chi connectivity index (χ1v) is 16.3. The summed E-state index contributed by atoms with van der Waals surface area (Å²) in [5, 5.41) is 23.0. The van der Waals surface area contributed by atoms with Gasteiger partial charge in [-0.1, -0.05) is 68.4 Å². The molecule has 0 radical (unpaired) electrons. The van der Waals surface area contributed by atoms with Gasteiger partial charge in [-0.05, 0) is 48.9 Å². The first-order chi connectivity index (χ1) is 21.3. The number of hydrogen-bond acceptors (Lipinski definition) is 8. The van der Waals surface area contributed by atoms with Gasteiger partial charge >= 0.3 is 17.8 Å². The highest BCUT2D eigenvalue weighted by Gasteiger charge is 2.45. The maximum atomic E-state index is 13.5. The zero-order chi connectivity index (χ0) is 33.3. The highest BCUT2D eigenvalue weighted by molar-refractivity contribution is 7.99. The van der Waals surface area contributed by atoms with Crippen LogP contribution in [0.4, 0.5) is 0 Å². The van der Waals surface area contributed by atoms with Gasteiger partial charge in [0.25, 0.3) is 5.03 Å². The van der Waals surface area contributed by atoms with Gasteiger partial charge in [0.2, 0.25) is 11.4 Å². The molecule has 0 saturated heterocycles. The van der Waals surface area contributed by atoms with E-state index in [0.717, 1.165) is 17.1 Å². The summed E-state index contributed by atoms with van der Waals surface area (Å²) in [4.78, 5) is 51.2. The molecule has 3 atom stereocenters. The van der Waals surface area contributed by atoms with Crippen molar-refractivity contribution < 1.29 is 43.4 Å². The van der Waals surface area contributed by atoms with Crippen LogP contribution < -0.4 is 15.4 Å². The monoisotopic (exact) mass is 656 g/mol. The normalized spacial score (nSPS) is 14.1. The van der Waals surface area contributed by atoms with Gasteiger partial charge in [0.15, 0.2) is 13.8 Å². The maximum Gasteiger partial charge on any atom is 0.338 e. The first-order valence-electron chi connectivity index (χ1n) is 14.5. The average Bonchev–Trinajstić information content (AvgIpc) is 3.01. The standard InChI is InChI=1S/C32H38N3O8PS/c1-19(2)16-24(29(37)33-25(30(38)39)17-20(3)4)32(41,44-42)18-45-27-15-14-21-10-6-9-13-26(21)35(27)34-28(36)22-11-7-8-12-23(22)31(40)43-5/h6-15,19-20,24-25,41H,16-18H2,1-5H3,(H2-,33,34,36,37,38,39)/p+1/t24?,25-,32?/m0/s1. The molecule has 0 aliphatic carbocycles. The number of nitrogens with zero attached hydrogens (tertiary/aromatic N) is 1. The number of fused-ring (bicyclic) bond motifs is 1. The number of para-hydroxylation sites is 1. The second-order valence-electron chi connectivity index (χ2n) is 11.5. The van der Waals surface area contributed by atoms with E-state index in [1.807, 2.05) is 45.9 Å². The number of aromatic nitrogens is 1. The number of pyridine rings is 1. The van der Waals surface area contributed by atoms with Crippen LogP contribution in [0.2, 0.25) is 0 Å². The van der Waals surface area contributed by atoms with E-state index in [9.17, 15) is 34.0 Å². The van der Waals surface area contributed by atoms with Crippen molar-refractivity contribution in [2.75, 3.05) is 18.3 Å². The fraction of sp³-hybridized carbons (Fsp3) is 0.406. The second-order valence-corrected chi connectivity index (χ2v) is 13.5. The SMILES string of the molecule is COC(=O)c1ccccc1C(=O)N[n+]1c(SCC(O)(P=O)C(CC(C)C)C(=O)N[C@@H](CC(C)C)C(=O)O)ccc2ccccc21. The second kappa shape index (κ2) is 15.9. The van der Waals surface area contributed by atoms with Gasteiger partial charge in [0.05, 0.1) is 24.2 Å². The van der Waals surface area contributed by atoms with E-state index < -0.39 is 49.5 Å². The van der Waals surface area contributed by atoms with Crippen LogP contribution in [-0.4, -0.2) is 58.2 Å². The van der Waals surface area contributed by atoms with Gasteiger partial charge in [-0.2, -0.15) is 0 Å². The van der Waals surface area contributed by atoms with Gasteiger partial charge in [-0.3, -0.25) is 14.2 Å². The van der Waals surface area contributed by atoms with Crippen molar-refractivity contribution in [2.24, 2.45) is 17.8 Å². The van der Waals surface area contributed by atoms with Crippen molar-refractivity contribution in [1.82, 2.24) is 5.32 Å². The molecule has 1 aromatic heterocycles. The third kappa shape index (κ3) is 9.09. The molecular formula is C32H39N3O8PS+. The van der Waals surface area contributed by atoms with E-state index in [2.05, 4.69) is 10.7 Å². The van der Waals surface area contributed by atoms with Gasteiger partial charge < -0.3 is 20.3 Å². The molecule has 0 spiro atoms. The summed E-state index contributed by atoms with van der Waals surface area (Å²) < 4.78 is 18.9. The van der Waals surface area contributed by atoms with E-state index in [-0.39, 0.29) is 41.6 Å².